The highest BCUT2D eigenvalue weighted by atomic mass is 35.5. The van der Waals surface area contributed by atoms with Crippen LogP contribution in [0.15, 0.2) is 40.6 Å². The lowest BCUT2D eigenvalue weighted by atomic mass is 10.2. The first-order valence-corrected chi connectivity index (χ1v) is 8.04. The Balaban J connectivity index is 2.00. The van der Waals surface area contributed by atoms with Gasteiger partial charge in [-0.2, -0.15) is 0 Å². The topological polar surface area (TPSA) is 12.0 Å². The second-order valence-corrected chi connectivity index (χ2v) is 6.55. The molecule has 96 valence electrons. The summed E-state index contributed by atoms with van der Waals surface area (Å²) in [5, 5.41) is 6.34. The fraction of sp³-hybridized carbons (Fsp3) is 0.286. The van der Waals surface area contributed by atoms with E-state index >= 15 is 0 Å². The van der Waals surface area contributed by atoms with Crippen molar-refractivity contribution in [3.8, 4) is 0 Å². The largest absolute Gasteiger partial charge is 0.312 e. The minimum atomic E-state index is 0.408. The Hall–Kier alpha value is -0.480. The van der Waals surface area contributed by atoms with Crippen LogP contribution in [-0.2, 0) is 0 Å². The van der Waals surface area contributed by atoms with E-state index in [1.54, 1.807) is 0 Å². The average Bonchev–Trinajstić information content (AvgIpc) is 2.79. The van der Waals surface area contributed by atoms with Crippen LogP contribution in [-0.4, -0.2) is 12.8 Å². The molecule has 0 bridgehead atoms. The molecule has 2 aromatic rings. The van der Waals surface area contributed by atoms with E-state index in [0.29, 0.717) is 6.04 Å². The molecule has 1 heterocycles. The quantitative estimate of drug-likeness (QED) is 0.798. The van der Waals surface area contributed by atoms with Crippen molar-refractivity contribution in [2.45, 2.75) is 17.9 Å². The number of thiophene rings is 1. The first-order chi connectivity index (χ1) is 8.70. The second-order valence-electron chi connectivity index (χ2n) is 4.07. The number of halogens is 1. The zero-order valence-electron chi connectivity index (χ0n) is 10.4. The highest BCUT2D eigenvalue weighted by molar-refractivity contribution is 7.99. The highest BCUT2D eigenvalue weighted by Gasteiger charge is 2.13. The van der Waals surface area contributed by atoms with Gasteiger partial charge in [-0.05, 0) is 55.2 Å². The number of hydrogen-bond donors (Lipinski definition) is 1. The third-order valence-corrected chi connectivity index (χ3v) is 5.29. The van der Waals surface area contributed by atoms with Crippen LogP contribution in [0.2, 0.25) is 5.02 Å². The molecule has 0 saturated heterocycles. The third kappa shape index (κ3) is 3.51. The van der Waals surface area contributed by atoms with Crippen molar-refractivity contribution in [2.75, 3.05) is 12.8 Å². The predicted octanol–water partition coefficient (Wildman–Crippen LogP) is 4.76. The fourth-order valence-corrected chi connectivity index (χ4v) is 4.03. The molecule has 0 fully saturated rings. The van der Waals surface area contributed by atoms with Crippen molar-refractivity contribution in [1.82, 2.24) is 5.32 Å². The van der Waals surface area contributed by atoms with Gasteiger partial charge in [-0.15, -0.1) is 23.1 Å². The lowest BCUT2D eigenvalue weighted by Crippen LogP contribution is -2.18. The Morgan fingerprint density at radius 3 is 2.56 bits per heavy atom. The zero-order valence-corrected chi connectivity index (χ0v) is 12.8. The van der Waals surface area contributed by atoms with Gasteiger partial charge in [0.1, 0.15) is 0 Å². The predicted molar refractivity (Wildman–Crippen MR) is 83.0 cm³/mol. The van der Waals surface area contributed by atoms with Crippen LogP contribution < -0.4 is 5.32 Å². The van der Waals surface area contributed by atoms with Gasteiger partial charge in [0.05, 0.1) is 6.04 Å². The van der Waals surface area contributed by atoms with Crippen LogP contribution in [0, 0.1) is 6.92 Å². The van der Waals surface area contributed by atoms with Gasteiger partial charge in [0.25, 0.3) is 0 Å². The number of hydrogen-bond acceptors (Lipinski definition) is 3. The summed E-state index contributed by atoms with van der Waals surface area (Å²) < 4.78 is 0. The molecule has 1 aromatic heterocycles. The number of thioether (sulfide) groups is 1. The molecule has 0 amide bonds. The third-order valence-electron chi connectivity index (χ3n) is 2.80. The molecule has 1 nitrogen and oxygen atoms in total. The van der Waals surface area contributed by atoms with Gasteiger partial charge in [-0.25, -0.2) is 0 Å². The van der Waals surface area contributed by atoms with E-state index in [1.165, 1.54) is 15.3 Å². The van der Waals surface area contributed by atoms with E-state index in [4.69, 9.17) is 11.6 Å². The lowest BCUT2D eigenvalue weighted by Gasteiger charge is -2.15. The van der Waals surface area contributed by atoms with Gasteiger partial charge in [0.15, 0.2) is 0 Å². The number of rotatable bonds is 5. The molecule has 1 atom stereocenters. The van der Waals surface area contributed by atoms with E-state index in [1.807, 2.05) is 42.3 Å². The van der Waals surface area contributed by atoms with Crippen molar-refractivity contribution >= 4 is 34.7 Å². The van der Waals surface area contributed by atoms with Crippen LogP contribution in [0.4, 0.5) is 0 Å². The van der Waals surface area contributed by atoms with Gasteiger partial charge in [0.2, 0.25) is 0 Å². The van der Waals surface area contributed by atoms with Gasteiger partial charge in [-0.1, -0.05) is 11.6 Å². The minimum absolute atomic E-state index is 0.408. The van der Waals surface area contributed by atoms with Crippen LogP contribution in [0.5, 0.6) is 0 Å². The summed E-state index contributed by atoms with van der Waals surface area (Å²) in [5.41, 5.74) is 1.37. The summed E-state index contributed by atoms with van der Waals surface area (Å²) in [6.45, 7) is 2.17. The molecular weight excluding hydrogens is 282 g/mol. The highest BCUT2D eigenvalue weighted by Crippen LogP contribution is 2.29. The first-order valence-electron chi connectivity index (χ1n) is 5.80. The van der Waals surface area contributed by atoms with Crippen molar-refractivity contribution in [3.63, 3.8) is 0 Å². The summed E-state index contributed by atoms with van der Waals surface area (Å²) in [4.78, 5) is 2.69. The summed E-state index contributed by atoms with van der Waals surface area (Å²) >= 11 is 9.56. The first kappa shape index (κ1) is 13.9. The second kappa shape index (κ2) is 6.62. The Kier molecular flexibility index (Phi) is 5.13. The van der Waals surface area contributed by atoms with E-state index in [2.05, 4.69) is 35.8 Å². The average molecular weight is 298 g/mol. The number of aryl methyl sites for hydroxylation is 1. The molecule has 18 heavy (non-hydrogen) atoms. The molecule has 0 aliphatic carbocycles. The van der Waals surface area contributed by atoms with Crippen LogP contribution >= 0.6 is 34.7 Å². The fourth-order valence-electron chi connectivity index (χ4n) is 1.74. The SMILES string of the molecule is CNC(CSc1ccc(Cl)cc1)c1sccc1C. The molecular formula is C14H16ClNS2. The van der Waals surface area contributed by atoms with E-state index in [9.17, 15) is 0 Å². The Morgan fingerprint density at radius 2 is 2.00 bits per heavy atom. The van der Waals surface area contributed by atoms with Crippen LogP contribution in [0.1, 0.15) is 16.5 Å². The van der Waals surface area contributed by atoms with Gasteiger partial charge in [0, 0.05) is 20.5 Å². The van der Waals surface area contributed by atoms with Crippen LogP contribution in [0.3, 0.4) is 0 Å². The molecule has 0 radical (unpaired) electrons. The maximum atomic E-state index is 5.88. The standard InChI is InChI=1S/C14H16ClNS2/c1-10-7-8-17-14(10)13(16-2)9-18-12-5-3-11(15)4-6-12/h3-8,13,16H,9H2,1-2H3. The number of benzene rings is 1. The van der Waals surface area contributed by atoms with Gasteiger partial charge in [-0.3, -0.25) is 0 Å². The van der Waals surface area contributed by atoms with Crippen molar-refractivity contribution in [2.24, 2.45) is 0 Å². The van der Waals surface area contributed by atoms with Crippen molar-refractivity contribution in [3.05, 3.63) is 51.2 Å². The van der Waals surface area contributed by atoms with Gasteiger partial charge >= 0.3 is 0 Å². The lowest BCUT2D eigenvalue weighted by molar-refractivity contribution is 0.670. The molecule has 1 aromatic carbocycles. The summed E-state index contributed by atoms with van der Waals surface area (Å²) in [5.74, 6) is 1.03. The molecule has 4 heteroatoms. The monoisotopic (exact) mass is 297 g/mol. The molecule has 2 rings (SSSR count). The normalized spacial score (nSPS) is 12.6. The molecule has 1 unspecified atom stereocenters. The zero-order chi connectivity index (χ0) is 13.0. The summed E-state index contributed by atoms with van der Waals surface area (Å²) in [6.07, 6.45) is 0. The summed E-state index contributed by atoms with van der Waals surface area (Å²) in [6, 6.07) is 10.6. The molecule has 0 aliphatic rings. The Labute approximate surface area is 122 Å². The van der Waals surface area contributed by atoms with Crippen molar-refractivity contribution < 1.29 is 0 Å². The smallest absolute Gasteiger partial charge is 0.0510 e. The Bertz CT molecular complexity index is 493. The van der Waals surface area contributed by atoms with Gasteiger partial charge < -0.3 is 5.32 Å². The Morgan fingerprint density at radius 1 is 1.28 bits per heavy atom. The molecule has 0 aliphatic heterocycles. The van der Waals surface area contributed by atoms with E-state index < -0.39 is 0 Å². The maximum absolute atomic E-state index is 5.88. The van der Waals surface area contributed by atoms with E-state index in [0.717, 1.165) is 10.8 Å². The maximum Gasteiger partial charge on any atom is 0.0510 e. The van der Waals surface area contributed by atoms with Crippen LogP contribution in [0.25, 0.3) is 0 Å². The van der Waals surface area contributed by atoms with E-state index in [-0.39, 0.29) is 0 Å². The van der Waals surface area contributed by atoms with Crippen molar-refractivity contribution in [1.29, 1.82) is 0 Å². The molecule has 1 N–H and O–H groups in total. The minimum Gasteiger partial charge on any atom is -0.312 e. The summed E-state index contributed by atoms with van der Waals surface area (Å²) in [7, 11) is 2.02. The number of nitrogens with one attached hydrogen (secondary N) is 1. The molecule has 0 spiro atoms. The molecule has 0 saturated carbocycles.